The predicted molar refractivity (Wildman–Crippen MR) is 76.2 cm³/mol. The van der Waals surface area contributed by atoms with Crippen molar-refractivity contribution in [3.05, 3.63) is 12.7 Å². The summed E-state index contributed by atoms with van der Waals surface area (Å²) in [6.07, 6.45) is 5.01. The van der Waals surface area contributed by atoms with E-state index in [-0.39, 0.29) is 6.61 Å². The summed E-state index contributed by atoms with van der Waals surface area (Å²) in [5.41, 5.74) is 1.57. The molecule has 2 aromatic heterocycles. The summed E-state index contributed by atoms with van der Waals surface area (Å²) < 4.78 is 0. The number of aliphatic hydroxyl groups is 1. The van der Waals surface area contributed by atoms with Gasteiger partial charge < -0.3 is 15.4 Å². The predicted octanol–water partition coefficient (Wildman–Crippen LogP) is 1.20. The topological polar surface area (TPSA) is 86.7 Å². The van der Waals surface area contributed by atoms with Crippen molar-refractivity contribution < 1.29 is 5.11 Å². The van der Waals surface area contributed by atoms with Gasteiger partial charge in [-0.2, -0.15) is 0 Å². The van der Waals surface area contributed by atoms with Gasteiger partial charge >= 0.3 is 0 Å². The molecule has 2 rings (SSSR count). The van der Waals surface area contributed by atoms with Gasteiger partial charge in [0.2, 0.25) is 0 Å². The van der Waals surface area contributed by atoms with Gasteiger partial charge in [0, 0.05) is 18.4 Å². The summed E-state index contributed by atoms with van der Waals surface area (Å²) in [6.45, 7) is 3.30. The van der Waals surface area contributed by atoms with Crippen LogP contribution < -0.4 is 5.32 Å². The number of nitrogens with one attached hydrogen (secondary N) is 2. The minimum absolute atomic E-state index is 0.200. The monoisotopic (exact) mass is 281 g/mol. The third-order valence-electron chi connectivity index (χ3n) is 2.77. The van der Waals surface area contributed by atoms with Crippen molar-refractivity contribution >= 4 is 22.9 Å². The Morgan fingerprint density at radius 1 is 1.42 bits per heavy atom. The fourth-order valence-electron chi connectivity index (χ4n) is 1.78. The van der Waals surface area contributed by atoms with Crippen LogP contribution in [0.15, 0.2) is 17.7 Å². The quantitative estimate of drug-likeness (QED) is 0.498. The lowest BCUT2D eigenvalue weighted by atomic mass is 10.2. The number of fused-ring (bicyclic) bond motifs is 1. The van der Waals surface area contributed by atoms with E-state index in [2.05, 4.69) is 32.2 Å². The number of nitrogens with zero attached hydrogens (tertiary/aromatic N) is 3. The zero-order chi connectivity index (χ0) is 13.5. The maximum absolute atomic E-state index is 9.08. The van der Waals surface area contributed by atoms with Crippen molar-refractivity contribution in [3.8, 4) is 0 Å². The number of hydrogen-bond donors (Lipinski definition) is 3. The molecule has 7 heteroatoms. The number of imidazole rings is 1. The normalized spacial score (nSPS) is 12.9. The Hall–Kier alpha value is -1.18. The van der Waals surface area contributed by atoms with E-state index in [1.807, 2.05) is 0 Å². The number of aromatic nitrogens is 4. The minimum Gasteiger partial charge on any atom is -0.396 e. The molecule has 0 saturated carbocycles. The molecule has 0 saturated heterocycles. The van der Waals surface area contributed by atoms with Crippen molar-refractivity contribution in [2.45, 2.75) is 30.8 Å². The second kappa shape index (κ2) is 7.42. The zero-order valence-corrected chi connectivity index (χ0v) is 11.8. The molecular weight excluding hydrogens is 262 g/mol. The van der Waals surface area contributed by atoms with E-state index in [1.54, 1.807) is 18.1 Å². The molecule has 0 aliphatic rings. The molecule has 0 aromatic carbocycles. The van der Waals surface area contributed by atoms with Crippen LogP contribution in [0.1, 0.15) is 19.8 Å². The molecule has 0 fully saturated rings. The number of hydrogen-bond acceptors (Lipinski definition) is 6. The Labute approximate surface area is 116 Å². The van der Waals surface area contributed by atoms with Crippen LogP contribution in [0.3, 0.4) is 0 Å². The first-order valence-corrected chi connectivity index (χ1v) is 7.44. The average Bonchev–Trinajstić information content (AvgIpc) is 2.90. The van der Waals surface area contributed by atoms with Gasteiger partial charge in [-0.25, -0.2) is 15.0 Å². The lowest BCUT2D eigenvalue weighted by Gasteiger charge is -2.16. The lowest BCUT2D eigenvalue weighted by Crippen LogP contribution is -2.32. The van der Waals surface area contributed by atoms with Crippen LogP contribution in [-0.4, -0.2) is 50.0 Å². The molecule has 0 spiro atoms. The van der Waals surface area contributed by atoms with Crippen LogP contribution in [0.25, 0.3) is 11.2 Å². The minimum atomic E-state index is 0.200. The van der Waals surface area contributed by atoms with Crippen molar-refractivity contribution in [2.24, 2.45) is 0 Å². The molecule has 104 valence electrons. The highest BCUT2D eigenvalue weighted by molar-refractivity contribution is 7.99. The summed E-state index contributed by atoms with van der Waals surface area (Å²) in [7, 11) is 0. The third-order valence-corrected chi connectivity index (χ3v) is 3.92. The molecule has 0 aliphatic heterocycles. The van der Waals surface area contributed by atoms with E-state index in [0.717, 1.165) is 35.7 Å². The van der Waals surface area contributed by atoms with Gasteiger partial charge in [0.1, 0.15) is 16.9 Å². The van der Waals surface area contributed by atoms with E-state index < -0.39 is 0 Å². The standard InChI is InChI=1S/C12H19N5OS/c1-2-4-13-9(3-5-18)6-19-12-10-11(15-7-14-10)16-8-17-12/h7-9,13,18H,2-6H2,1H3,(H,14,15,16,17). The number of aliphatic hydroxyl groups excluding tert-OH is 1. The van der Waals surface area contributed by atoms with E-state index >= 15 is 0 Å². The van der Waals surface area contributed by atoms with Crippen LogP contribution in [0.5, 0.6) is 0 Å². The van der Waals surface area contributed by atoms with Crippen LogP contribution >= 0.6 is 11.8 Å². The molecule has 3 N–H and O–H groups in total. The number of aromatic amines is 1. The van der Waals surface area contributed by atoms with Gasteiger partial charge in [0.25, 0.3) is 0 Å². The van der Waals surface area contributed by atoms with Crippen LogP contribution in [0.2, 0.25) is 0 Å². The first-order valence-electron chi connectivity index (χ1n) is 6.46. The first-order chi connectivity index (χ1) is 9.35. The average molecular weight is 281 g/mol. The fraction of sp³-hybridized carbons (Fsp3) is 0.583. The zero-order valence-electron chi connectivity index (χ0n) is 11.0. The molecule has 0 amide bonds. The van der Waals surface area contributed by atoms with Gasteiger partial charge in [0.05, 0.1) is 6.33 Å². The molecule has 6 nitrogen and oxygen atoms in total. The van der Waals surface area contributed by atoms with E-state index in [0.29, 0.717) is 11.7 Å². The second-order valence-corrected chi connectivity index (χ2v) is 5.26. The highest BCUT2D eigenvalue weighted by atomic mass is 32.2. The van der Waals surface area contributed by atoms with Gasteiger partial charge in [-0.05, 0) is 19.4 Å². The molecular formula is C12H19N5OS. The lowest BCUT2D eigenvalue weighted by molar-refractivity contribution is 0.270. The largest absolute Gasteiger partial charge is 0.396 e. The summed E-state index contributed by atoms with van der Waals surface area (Å²) >= 11 is 1.66. The summed E-state index contributed by atoms with van der Waals surface area (Å²) in [4.78, 5) is 15.6. The molecule has 2 aromatic rings. The van der Waals surface area contributed by atoms with Crippen LogP contribution in [0, 0.1) is 0 Å². The Morgan fingerprint density at radius 2 is 2.32 bits per heavy atom. The van der Waals surface area contributed by atoms with Gasteiger partial charge in [0.15, 0.2) is 5.65 Å². The summed E-state index contributed by atoms with van der Waals surface area (Å²) in [5, 5.41) is 13.4. The Balaban J connectivity index is 1.97. The highest BCUT2D eigenvalue weighted by Gasteiger charge is 2.11. The molecule has 0 bridgehead atoms. The molecule has 2 heterocycles. The van der Waals surface area contributed by atoms with Crippen LogP contribution in [0.4, 0.5) is 0 Å². The van der Waals surface area contributed by atoms with E-state index in [1.165, 1.54) is 6.33 Å². The Bertz CT molecular complexity index is 504. The molecule has 1 unspecified atom stereocenters. The van der Waals surface area contributed by atoms with Crippen molar-refractivity contribution in [1.82, 2.24) is 25.3 Å². The Kier molecular flexibility index (Phi) is 5.56. The van der Waals surface area contributed by atoms with Gasteiger partial charge in [-0.15, -0.1) is 11.8 Å². The van der Waals surface area contributed by atoms with Crippen LogP contribution in [-0.2, 0) is 0 Å². The highest BCUT2D eigenvalue weighted by Crippen LogP contribution is 2.22. The summed E-state index contributed by atoms with van der Waals surface area (Å²) in [6, 6.07) is 0.294. The first kappa shape index (κ1) is 14.2. The molecule has 1 atom stereocenters. The van der Waals surface area contributed by atoms with Crippen molar-refractivity contribution in [2.75, 3.05) is 18.9 Å². The second-order valence-electron chi connectivity index (χ2n) is 4.25. The SMILES string of the molecule is CCCNC(CCO)CSc1ncnc2nc[nH]c12. The number of thioether (sulfide) groups is 1. The van der Waals surface area contributed by atoms with Gasteiger partial charge in [-0.3, -0.25) is 0 Å². The number of H-pyrrole nitrogens is 1. The fourth-order valence-corrected chi connectivity index (χ4v) is 2.84. The third kappa shape index (κ3) is 3.89. The van der Waals surface area contributed by atoms with E-state index in [4.69, 9.17) is 5.11 Å². The molecule has 19 heavy (non-hydrogen) atoms. The molecule has 0 radical (unpaired) electrons. The molecule has 0 aliphatic carbocycles. The number of rotatable bonds is 8. The summed E-state index contributed by atoms with van der Waals surface area (Å²) in [5.74, 6) is 0.867. The van der Waals surface area contributed by atoms with Crippen molar-refractivity contribution in [1.29, 1.82) is 0 Å². The maximum Gasteiger partial charge on any atom is 0.181 e. The van der Waals surface area contributed by atoms with E-state index in [9.17, 15) is 0 Å². The van der Waals surface area contributed by atoms with Gasteiger partial charge in [-0.1, -0.05) is 6.92 Å². The van der Waals surface area contributed by atoms with Crippen molar-refractivity contribution in [3.63, 3.8) is 0 Å². The Morgan fingerprint density at radius 3 is 3.11 bits per heavy atom. The maximum atomic E-state index is 9.08. The smallest absolute Gasteiger partial charge is 0.181 e.